The molecule has 2 unspecified atom stereocenters. The number of hydrogen-bond acceptors (Lipinski definition) is 17. The third kappa shape index (κ3) is 8.89. The highest BCUT2D eigenvalue weighted by atomic mass is 19.1. The molecule has 5 rings (SSSR count). The number of alkyl halides is 1. The first kappa shape index (κ1) is 45.3. The molecular weight excluding hydrogens is 799 g/mol. The fourth-order valence-electron chi connectivity index (χ4n) is 9.51. The van der Waals surface area contributed by atoms with E-state index in [1.807, 2.05) is 0 Å². The van der Waals surface area contributed by atoms with Crippen LogP contribution in [0.2, 0.25) is 0 Å². The average Bonchev–Trinajstić information content (AvgIpc) is 3.39. The Bertz CT molecular complexity index is 1980. The number of allylic oxidation sites excluding steroid dienone is 4. The zero-order valence-electron chi connectivity index (χ0n) is 33.2. The number of ketones is 2. The van der Waals surface area contributed by atoms with Gasteiger partial charge in [-0.05, 0) is 106 Å². The topological polar surface area (TPSA) is 267 Å². The summed E-state index contributed by atoms with van der Waals surface area (Å²) >= 11 is 0. The molecule has 1 aromatic rings. The molecule has 0 saturated heterocycles. The number of fused-ring (bicyclic) bond motifs is 5. The number of aliphatic hydroxyl groups is 2. The van der Waals surface area contributed by atoms with E-state index in [9.17, 15) is 54.4 Å². The van der Waals surface area contributed by atoms with Crippen molar-refractivity contribution in [2.45, 2.75) is 95.6 Å². The summed E-state index contributed by atoms with van der Waals surface area (Å²) in [6.07, 6.45) is 1.38. The number of rotatable bonds is 18. The Morgan fingerprint density at radius 1 is 0.967 bits per heavy atom. The molecule has 326 valence electrons. The monoisotopic (exact) mass is 846 g/mol. The summed E-state index contributed by atoms with van der Waals surface area (Å²) in [4.78, 5) is 94.3. The van der Waals surface area contributed by atoms with Gasteiger partial charge in [0.15, 0.2) is 18.1 Å². The number of esters is 2. The summed E-state index contributed by atoms with van der Waals surface area (Å²) in [5.41, 5.74) is -6.43. The van der Waals surface area contributed by atoms with Gasteiger partial charge in [0, 0.05) is 29.2 Å². The molecule has 0 heterocycles. The minimum atomic E-state index is -2.48. The van der Waals surface area contributed by atoms with E-state index < -0.39 is 106 Å². The van der Waals surface area contributed by atoms with E-state index >= 15 is 4.39 Å². The summed E-state index contributed by atoms with van der Waals surface area (Å²) in [7, 11) is 0. The molecule has 0 spiro atoms. The second-order valence-corrected chi connectivity index (χ2v) is 15.7. The lowest BCUT2D eigenvalue weighted by atomic mass is 9.44. The smallest absolute Gasteiger partial charge is 0.463 e. The molecule has 4 aliphatic carbocycles. The molecule has 8 atom stereocenters. The normalized spacial score (nSPS) is 30.2. The number of aryl methyl sites for hydroxylation is 1. The van der Waals surface area contributed by atoms with Crippen molar-refractivity contribution in [3.05, 3.63) is 79.4 Å². The zero-order chi connectivity index (χ0) is 44.0. The number of carbonyl (C=O) groups excluding carboxylic acids is 5. The van der Waals surface area contributed by atoms with E-state index in [1.54, 1.807) is 19.9 Å². The van der Waals surface area contributed by atoms with Gasteiger partial charge in [0.1, 0.15) is 11.9 Å². The Morgan fingerprint density at radius 2 is 1.65 bits per heavy atom. The van der Waals surface area contributed by atoms with E-state index in [-0.39, 0.29) is 50.4 Å². The zero-order valence-corrected chi connectivity index (χ0v) is 33.2. The highest BCUT2D eigenvalue weighted by Crippen LogP contribution is 2.70. The number of ether oxygens (including phenoxy) is 4. The van der Waals surface area contributed by atoms with Crippen LogP contribution in [0, 0.1) is 49.8 Å². The molecule has 60 heavy (non-hydrogen) atoms. The lowest BCUT2D eigenvalue weighted by molar-refractivity contribution is -0.757. The Balaban J connectivity index is 1.30. The minimum Gasteiger partial charge on any atom is -0.463 e. The van der Waals surface area contributed by atoms with Gasteiger partial charge in [-0.15, -0.1) is 20.2 Å². The van der Waals surface area contributed by atoms with E-state index in [2.05, 4.69) is 9.68 Å². The number of nitrogens with zero attached hydrogens (tertiary/aromatic N) is 2. The van der Waals surface area contributed by atoms with Crippen molar-refractivity contribution in [3.63, 3.8) is 0 Å². The summed E-state index contributed by atoms with van der Waals surface area (Å²) in [6.45, 7) is 3.01. The van der Waals surface area contributed by atoms with Crippen LogP contribution in [0.4, 0.5) is 9.18 Å². The van der Waals surface area contributed by atoms with Crippen LogP contribution >= 0.6 is 0 Å². The molecule has 2 N–H and O–H groups in total. The molecule has 0 aliphatic heterocycles. The lowest BCUT2D eigenvalue weighted by Crippen LogP contribution is -2.70. The van der Waals surface area contributed by atoms with Gasteiger partial charge in [0.2, 0.25) is 11.4 Å². The van der Waals surface area contributed by atoms with E-state index in [1.165, 1.54) is 43.4 Å². The summed E-state index contributed by atoms with van der Waals surface area (Å²) < 4.78 is 39.2. The van der Waals surface area contributed by atoms with Crippen LogP contribution in [-0.2, 0) is 43.1 Å². The third-order valence-electron chi connectivity index (χ3n) is 12.3. The van der Waals surface area contributed by atoms with E-state index in [4.69, 9.17) is 18.9 Å². The van der Waals surface area contributed by atoms with Gasteiger partial charge >= 0.3 is 18.1 Å². The van der Waals surface area contributed by atoms with Crippen molar-refractivity contribution in [1.82, 2.24) is 0 Å². The summed E-state index contributed by atoms with van der Waals surface area (Å²) in [5.74, 6) is -4.96. The first-order valence-electron chi connectivity index (χ1n) is 19.4. The highest BCUT2D eigenvalue weighted by Gasteiger charge is 2.78. The van der Waals surface area contributed by atoms with Gasteiger partial charge in [-0.2, -0.15) is 0 Å². The van der Waals surface area contributed by atoms with E-state index in [0.717, 1.165) is 6.08 Å². The first-order valence-corrected chi connectivity index (χ1v) is 19.4. The number of Topliss-reactive ketones (excluding diaryl/α,β-unsaturated/α-hetero) is 1. The van der Waals surface area contributed by atoms with Crippen molar-refractivity contribution in [1.29, 1.82) is 0 Å². The molecule has 19 nitrogen and oxygen atoms in total. The molecule has 0 radical (unpaired) electrons. The van der Waals surface area contributed by atoms with Gasteiger partial charge in [-0.1, -0.05) is 24.6 Å². The summed E-state index contributed by atoms with van der Waals surface area (Å²) in [6, 6.07) is 4.47. The average molecular weight is 847 g/mol. The van der Waals surface area contributed by atoms with Gasteiger partial charge in [0.25, 0.3) is 10.2 Å². The molecular formula is C40H47FN2O17. The molecule has 3 saturated carbocycles. The number of halogens is 1. The molecule has 3 fully saturated rings. The van der Waals surface area contributed by atoms with Crippen molar-refractivity contribution in [2.75, 3.05) is 26.4 Å². The Morgan fingerprint density at radius 3 is 2.33 bits per heavy atom. The van der Waals surface area contributed by atoms with Crippen molar-refractivity contribution in [3.8, 4) is 5.75 Å². The van der Waals surface area contributed by atoms with Crippen molar-refractivity contribution in [2.24, 2.45) is 22.7 Å². The SMILES string of the molecule is Cc1cc(/C=C/C(=O)OCCCCO[N+](=O)[O-])ccc1OC(=O)OCC(=O)[C@@]1(OC(=O)CCCO[N+](=O)[O-])[C@H](O)CC2C3CCC4=CC(=O)C=C[C@]4(C)[C@@]3(F)[C@@H](O)C[C@@]21C. The fraction of sp³-hybridized carbons (Fsp3) is 0.575. The lowest BCUT2D eigenvalue weighted by Gasteiger charge is -2.62. The second-order valence-electron chi connectivity index (χ2n) is 15.7. The van der Waals surface area contributed by atoms with Crippen LogP contribution in [0.5, 0.6) is 5.75 Å². The summed E-state index contributed by atoms with van der Waals surface area (Å²) in [5, 5.41) is 42.4. The number of benzene rings is 1. The number of hydrogen-bond donors (Lipinski definition) is 2. The van der Waals surface area contributed by atoms with Crippen LogP contribution in [0.15, 0.2) is 48.1 Å². The van der Waals surface area contributed by atoms with Crippen molar-refractivity contribution < 1.29 is 77.4 Å². The second kappa shape index (κ2) is 18.2. The third-order valence-corrected chi connectivity index (χ3v) is 12.3. The predicted molar refractivity (Wildman–Crippen MR) is 201 cm³/mol. The van der Waals surface area contributed by atoms with Crippen LogP contribution in [-0.4, -0.2) is 100.0 Å². The molecule has 1 aromatic carbocycles. The molecule has 0 amide bonds. The molecule has 0 bridgehead atoms. The van der Waals surface area contributed by atoms with Crippen LogP contribution < -0.4 is 4.74 Å². The highest BCUT2D eigenvalue weighted by molar-refractivity contribution is 6.01. The first-order chi connectivity index (χ1) is 28.3. The minimum absolute atomic E-state index is 0.0162. The van der Waals surface area contributed by atoms with Crippen LogP contribution in [0.25, 0.3) is 6.08 Å². The maximum absolute atomic E-state index is 17.7. The molecule has 4 aliphatic rings. The van der Waals surface area contributed by atoms with Crippen LogP contribution in [0.1, 0.15) is 76.3 Å². The molecule has 0 aromatic heterocycles. The van der Waals surface area contributed by atoms with Crippen LogP contribution in [0.3, 0.4) is 0 Å². The van der Waals surface area contributed by atoms with Gasteiger partial charge in [0.05, 0.1) is 25.9 Å². The van der Waals surface area contributed by atoms with Gasteiger partial charge < -0.3 is 38.8 Å². The number of unbranched alkanes of at least 4 members (excludes halogenated alkanes) is 1. The number of aliphatic hydroxyl groups excluding tert-OH is 2. The van der Waals surface area contributed by atoms with Gasteiger partial charge in [-0.25, -0.2) is 14.0 Å². The Kier molecular flexibility index (Phi) is 13.8. The maximum atomic E-state index is 17.7. The quantitative estimate of drug-likeness (QED) is 0.0398. The van der Waals surface area contributed by atoms with Gasteiger partial charge in [-0.3, -0.25) is 14.4 Å². The Labute approximate surface area is 342 Å². The molecule has 20 heteroatoms. The fourth-order valence-corrected chi connectivity index (χ4v) is 9.51. The van der Waals surface area contributed by atoms with Crippen molar-refractivity contribution >= 4 is 35.7 Å². The predicted octanol–water partition coefficient (Wildman–Crippen LogP) is 4.24. The van der Waals surface area contributed by atoms with E-state index in [0.29, 0.717) is 29.5 Å². The largest absolute Gasteiger partial charge is 0.514 e. The number of carbonyl (C=O) groups is 5. The Hall–Kier alpha value is -5.76. The maximum Gasteiger partial charge on any atom is 0.514 e. The standard InChI is InChI=1S/C40H47FN2O17/c1-24-19-25(9-13-34(48)55-16-4-5-17-57-42(51)52)8-12-30(24)59-36(50)56-23-33(47)40(60-35(49)7-6-18-58-43(53)54)31(45)21-29-28-11-10-26-20-27(44)14-15-37(26,2)39(28,41)32(46)22-38(29,40)3/h8-9,12-15,19-20,28-29,31-32,45-46H,4-7,10-11,16-18,21-23H2,1-3H3/b13-9+/t28?,29?,31-,32+,37+,38+,39+,40+/m1/s1.